The summed E-state index contributed by atoms with van der Waals surface area (Å²) < 4.78 is 6.59. The van der Waals surface area contributed by atoms with Crippen molar-refractivity contribution in [1.82, 2.24) is 0 Å². The summed E-state index contributed by atoms with van der Waals surface area (Å²) in [5, 5.41) is 4.20. The lowest BCUT2D eigenvalue weighted by molar-refractivity contribution is 0.340. The van der Waals surface area contributed by atoms with Gasteiger partial charge in [-0.15, -0.1) is 0 Å². The van der Waals surface area contributed by atoms with Crippen molar-refractivity contribution < 1.29 is 4.74 Å². The third kappa shape index (κ3) is 4.55. The van der Waals surface area contributed by atoms with Crippen LogP contribution >= 0.6 is 22.6 Å². The molecule has 0 atom stereocenters. The van der Waals surface area contributed by atoms with E-state index in [-0.39, 0.29) is 0 Å². The van der Waals surface area contributed by atoms with E-state index in [4.69, 9.17) is 4.74 Å². The van der Waals surface area contributed by atoms with Crippen molar-refractivity contribution in [3.05, 3.63) is 57.7 Å². The fourth-order valence-corrected chi connectivity index (χ4v) is 1.88. The molecule has 0 amide bonds. The second kappa shape index (κ2) is 7.13. The number of anilines is 1. The maximum absolute atomic E-state index is 5.38. The SMILES string of the molecule is CCOc1ccc(/C=N/Nc2ccc(I)cc2)cc1. The lowest BCUT2D eigenvalue weighted by Gasteiger charge is -2.02. The van der Waals surface area contributed by atoms with Gasteiger partial charge in [-0.1, -0.05) is 0 Å². The van der Waals surface area contributed by atoms with Crippen molar-refractivity contribution in [2.75, 3.05) is 12.0 Å². The summed E-state index contributed by atoms with van der Waals surface area (Å²) in [6.45, 7) is 2.65. The van der Waals surface area contributed by atoms with Crippen molar-refractivity contribution in [3.63, 3.8) is 0 Å². The van der Waals surface area contributed by atoms with Crippen LogP contribution in [0.15, 0.2) is 53.6 Å². The molecule has 0 aliphatic carbocycles. The molecule has 0 spiro atoms. The Kier molecular flexibility index (Phi) is 5.20. The van der Waals surface area contributed by atoms with Crippen LogP contribution in [0.3, 0.4) is 0 Å². The van der Waals surface area contributed by atoms with Crippen LogP contribution in [-0.4, -0.2) is 12.8 Å². The number of hydrazone groups is 1. The molecule has 0 bridgehead atoms. The molecule has 19 heavy (non-hydrogen) atoms. The summed E-state index contributed by atoms with van der Waals surface area (Å²) in [5.41, 5.74) is 5.00. The first kappa shape index (κ1) is 13.9. The summed E-state index contributed by atoms with van der Waals surface area (Å²) in [4.78, 5) is 0. The third-order valence-corrected chi connectivity index (χ3v) is 3.16. The maximum atomic E-state index is 5.38. The summed E-state index contributed by atoms with van der Waals surface area (Å²) in [5.74, 6) is 0.880. The molecule has 2 aromatic rings. The predicted molar refractivity (Wildman–Crippen MR) is 88.0 cm³/mol. The zero-order valence-electron chi connectivity index (χ0n) is 10.6. The van der Waals surface area contributed by atoms with Gasteiger partial charge >= 0.3 is 0 Å². The van der Waals surface area contributed by atoms with Gasteiger partial charge < -0.3 is 4.74 Å². The number of hydrogen-bond acceptors (Lipinski definition) is 3. The number of halogens is 1. The van der Waals surface area contributed by atoms with Gasteiger partial charge in [0.25, 0.3) is 0 Å². The van der Waals surface area contributed by atoms with E-state index in [0.717, 1.165) is 17.0 Å². The van der Waals surface area contributed by atoms with Crippen LogP contribution in [0, 0.1) is 3.57 Å². The van der Waals surface area contributed by atoms with Crippen molar-refractivity contribution in [1.29, 1.82) is 0 Å². The van der Waals surface area contributed by atoms with Crippen LogP contribution in [0.25, 0.3) is 0 Å². The van der Waals surface area contributed by atoms with Gasteiger partial charge in [0.2, 0.25) is 0 Å². The second-order valence-corrected chi connectivity index (χ2v) is 5.12. The summed E-state index contributed by atoms with van der Waals surface area (Å²) in [6.07, 6.45) is 1.79. The van der Waals surface area contributed by atoms with E-state index in [1.54, 1.807) is 6.21 Å². The number of nitrogens with one attached hydrogen (secondary N) is 1. The minimum Gasteiger partial charge on any atom is -0.494 e. The normalized spacial score (nSPS) is 10.6. The number of benzene rings is 2. The van der Waals surface area contributed by atoms with Gasteiger partial charge in [-0.05, 0) is 83.6 Å². The molecule has 0 saturated carbocycles. The molecular weight excluding hydrogens is 351 g/mol. The Balaban J connectivity index is 1.93. The number of ether oxygens (including phenoxy) is 1. The van der Waals surface area contributed by atoms with Gasteiger partial charge in [0, 0.05) is 3.57 Å². The van der Waals surface area contributed by atoms with Crippen molar-refractivity contribution in [3.8, 4) is 5.75 Å². The van der Waals surface area contributed by atoms with E-state index in [2.05, 4.69) is 33.1 Å². The Hall–Kier alpha value is -1.56. The number of nitrogens with zero attached hydrogens (tertiary/aromatic N) is 1. The molecule has 2 rings (SSSR count). The van der Waals surface area contributed by atoms with Crippen LogP contribution in [0.4, 0.5) is 5.69 Å². The molecule has 0 radical (unpaired) electrons. The van der Waals surface area contributed by atoms with Crippen LogP contribution in [0.2, 0.25) is 0 Å². The van der Waals surface area contributed by atoms with Gasteiger partial charge in [-0.2, -0.15) is 5.10 Å². The van der Waals surface area contributed by atoms with Crippen LogP contribution in [0.5, 0.6) is 5.75 Å². The topological polar surface area (TPSA) is 33.6 Å². The fraction of sp³-hybridized carbons (Fsp3) is 0.133. The highest BCUT2D eigenvalue weighted by Crippen LogP contribution is 2.12. The highest BCUT2D eigenvalue weighted by Gasteiger charge is 1.92. The fourth-order valence-electron chi connectivity index (χ4n) is 1.52. The predicted octanol–water partition coefficient (Wildman–Crippen LogP) is 4.14. The minimum atomic E-state index is 0.682. The Morgan fingerprint density at radius 3 is 2.42 bits per heavy atom. The summed E-state index contributed by atoms with van der Waals surface area (Å²) in [6, 6.07) is 15.9. The highest BCUT2D eigenvalue weighted by atomic mass is 127. The van der Waals surface area contributed by atoms with E-state index in [0.29, 0.717) is 6.61 Å². The smallest absolute Gasteiger partial charge is 0.119 e. The highest BCUT2D eigenvalue weighted by molar-refractivity contribution is 14.1. The zero-order valence-corrected chi connectivity index (χ0v) is 12.8. The molecule has 0 fully saturated rings. The first-order valence-electron chi connectivity index (χ1n) is 6.05. The molecule has 0 aliphatic rings. The molecule has 0 heterocycles. The molecular formula is C15H15IN2O. The minimum absolute atomic E-state index is 0.682. The van der Waals surface area contributed by atoms with Gasteiger partial charge in [0.05, 0.1) is 18.5 Å². The second-order valence-electron chi connectivity index (χ2n) is 3.88. The average molecular weight is 366 g/mol. The Labute approximate surface area is 126 Å². The van der Waals surface area contributed by atoms with Crippen molar-refractivity contribution >= 4 is 34.5 Å². The monoisotopic (exact) mass is 366 g/mol. The molecule has 4 heteroatoms. The van der Waals surface area contributed by atoms with E-state index >= 15 is 0 Å². The first-order valence-corrected chi connectivity index (χ1v) is 7.13. The molecule has 3 nitrogen and oxygen atoms in total. The maximum Gasteiger partial charge on any atom is 0.119 e. The van der Waals surface area contributed by atoms with E-state index in [1.807, 2.05) is 55.5 Å². The standard InChI is InChI=1S/C15H15IN2O/c1-2-19-15-9-3-12(4-10-15)11-17-18-14-7-5-13(16)6-8-14/h3-11,18H,2H2,1H3/b17-11+. The zero-order chi connectivity index (χ0) is 13.5. The Morgan fingerprint density at radius 2 is 1.79 bits per heavy atom. The Bertz CT molecular complexity index is 535. The molecule has 0 unspecified atom stereocenters. The summed E-state index contributed by atoms with van der Waals surface area (Å²) >= 11 is 2.28. The molecule has 0 aliphatic heterocycles. The Morgan fingerprint density at radius 1 is 1.11 bits per heavy atom. The number of hydrogen-bond donors (Lipinski definition) is 1. The van der Waals surface area contributed by atoms with Gasteiger partial charge in [0.1, 0.15) is 5.75 Å². The van der Waals surface area contributed by atoms with Crippen molar-refractivity contribution in [2.45, 2.75) is 6.92 Å². The quantitative estimate of drug-likeness (QED) is 0.490. The molecule has 0 saturated heterocycles. The van der Waals surface area contributed by atoms with Gasteiger partial charge in [0.15, 0.2) is 0 Å². The molecule has 98 valence electrons. The molecule has 0 aromatic heterocycles. The lowest BCUT2D eigenvalue weighted by Crippen LogP contribution is -1.92. The molecule has 1 N–H and O–H groups in total. The first-order chi connectivity index (χ1) is 9.28. The lowest BCUT2D eigenvalue weighted by atomic mass is 10.2. The van der Waals surface area contributed by atoms with Crippen LogP contribution in [0.1, 0.15) is 12.5 Å². The molecule has 2 aromatic carbocycles. The van der Waals surface area contributed by atoms with Crippen molar-refractivity contribution in [2.24, 2.45) is 5.10 Å². The van der Waals surface area contributed by atoms with E-state index in [9.17, 15) is 0 Å². The van der Waals surface area contributed by atoms with Crippen LogP contribution in [-0.2, 0) is 0 Å². The third-order valence-electron chi connectivity index (χ3n) is 2.44. The van der Waals surface area contributed by atoms with Gasteiger partial charge in [-0.3, -0.25) is 5.43 Å². The van der Waals surface area contributed by atoms with Crippen LogP contribution < -0.4 is 10.2 Å². The largest absolute Gasteiger partial charge is 0.494 e. The average Bonchev–Trinajstić information content (AvgIpc) is 2.43. The van der Waals surface area contributed by atoms with E-state index < -0.39 is 0 Å². The number of rotatable bonds is 5. The summed E-state index contributed by atoms with van der Waals surface area (Å²) in [7, 11) is 0. The van der Waals surface area contributed by atoms with Gasteiger partial charge in [-0.25, -0.2) is 0 Å². The van der Waals surface area contributed by atoms with E-state index in [1.165, 1.54) is 3.57 Å².